The van der Waals surface area contributed by atoms with Gasteiger partial charge < -0.3 is 5.73 Å². The molecule has 0 radical (unpaired) electrons. The van der Waals surface area contributed by atoms with Crippen LogP contribution in [0.1, 0.15) is 17.2 Å². The summed E-state index contributed by atoms with van der Waals surface area (Å²) in [6.45, 7) is 0. The van der Waals surface area contributed by atoms with E-state index < -0.39 is 0 Å². The second kappa shape index (κ2) is 4.42. The Bertz CT molecular complexity index is 394. The number of hydrogen-bond donors (Lipinski definition) is 1. The molecule has 0 aliphatic carbocycles. The molecule has 1 heterocycles. The van der Waals surface area contributed by atoms with E-state index in [1.807, 2.05) is 0 Å². The van der Waals surface area contributed by atoms with Crippen molar-refractivity contribution in [3.63, 3.8) is 0 Å². The van der Waals surface area contributed by atoms with E-state index in [1.54, 1.807) is 11.3 Å². The molecular weight excluding hydrogens is 305 g/mol. The van der Waals surface area contributed by atoms with Gasteiger partial charge in [-0.3, -0.25) is 0 Å². The van der Waals surface area contributed by atoms with Gasteiger partial charge in [0.2, 0.25) is 0 Å². The molecule has 0 aliphatic rings. The van der Waals surface area contributed by atoms with Gasteiger partial charge in [-0.1, -0.05) is 12.1 Å². The Balaban J connectivity index is 2.28. The average molecular weight is 315 g/mol. The van der Waals surface area contributed by atoms with Crippen LogP contribution in [-0.2, 0) is 0 Å². The molecule has 2 aromatic rings. The van der Waals surface area contributed by atoms with Crippen LogP contribution in [0.5, 0.6) is 0 Å². The van der Waals surface area contributed by atoms with Crippen molar-refractivity contribution in [2.24, 2.45) is 5.73 Å². The molecule has 0 saturated carbocycles. The van der Waals surface area contributed by atoms with Crippen molar-refractivity contribution < 1.29 is 0 Å². The Hall–Kier alpha value is -0.390. The zero-order valence-electron chi connectivity index (χ0n) is 7.48. The van der Waals surface area contributed by atoms with Gasteiger partial charge in [-0.05, 0) is 62.7 Å². The molecule has 1 aromatic heterocycles. The third-order valence-electron chi connectivity index (χ3n) is 2.13. The van der Waals surface area contributed by atoms with Crippen molar-refractivity contribution in [3.8, 4) is 0 Å². The van der Waals surface area contributed by atoms with Crippen molar-refractivity contribution in [1.82, 2.24) is 0 Å². The second-order valence-corrected chi connectivity index (χ2v) is 5.11. The molecule has 0 amide bonds. The van der Waals surface area contributed by atoms with Crippen LogP contribution in [0.2, 0.25) is 0 Å². The van der Waals surface area contributed by atoms with Crippen LogP contribution >= 0.6 is 33.9 Å². The fourth-order valence-electron chi connectivity index (χ4n) is 1.31. The summed E-state index contributed by atoms with van der Waals surface area (Å²) in [4.78, 5) is 0. The number of hydrogen-bond acceptors (Lipinski definition) is 2. The van der Waals surface area contributed by atoms with Gasteiger partial charge in [-0.25, -0.2) is 0 Å². The lowest BCUT2D eigenvalue weighted by Gasteiger charge is -2.09. The maximum Gasteiger partial charge on any atom is 0.0559 e. The molecule has 0 saturated heterocycles. The molecule has 1 aromatic carbocycles. The summed E-state index contributed by atoms with van der Waals surface area (Å²) < 4.78 is 1.24. The summed E-state index contributed by atoms with van der Waals surface area (Å²) in [5, 5.41) is 4.16. The Kier molecular flexibility index (Phi) is 3.20. The Morgan fingerprint density at radius 1 is 1.07 bits per heavy atom. The van der Waals surface area contributed by atoms with Crippen molar-refractivity contribution in [1.29, 1.82) is 0 Å². The van der Waals surface area contributed by atoms with Crippen LogP contribution in [0.3, 0.4) is 0 Å². The van der Waals surface area contributed by atoms with Crippen LogP contribution in [0.15, 0.2) is 41.1 Å². The Morgan fingerprint density at radius 2 is 1.79 bits per heavy atom. The summed E-state index contributed by atoms with van der Waals surface area (Å²) in [6, 6.07) is 10.4. The topological polar surface area (TPSA) is 26.0 Å². The van der Waals surface area contributed by atoms with Crippen LogP contribution in [0.25, 0.3) is 0 Å². The SMILES string of the molecule is N[C@@H](c1ccc(I)cc1)c1ccsc1. The first-order valence-corrected chi connectivity index (χ1v) is 6.32. The number of thiophene rings is 1. The standard InChI is InChI=1S/C11H10INS/c12-10-3-1-8(2-4-10)11(13)9-5-6-14-7-9/h1-7,11H,13H2/t11-/m0/s1. The van der Waals surface area contributed by atoms with E-state index in [4.69, 9.17) is 5.73 Å². The van der Waals surface area contributed by atoms with Gasteiger partial charge in [-0.2, -0.15) is 11.3 Å². The highest BCUT2D eigenvalue weighted by atomic mass is 127. The predicted octanol–water partition coefficient (Wildman–Crippen LogP) is 3.40. The largest absolute Gasteiger partial charge is 0.320 e. The van der Waals surface area contributed by atoms with Gasteiger partial charge in [0.1, 0.15) is 0 Å². The van der Waals surface area contributed by atoms with E-state index in [9.17, 15) is 0 Å². The molecule has 0 spiro atoms. The molecule has 0 unspecified atom stereocenters. The second-order valence-electron chi connectivity index (χ2n) is 3.09. The fourth-order valence-corrected chi connectivity index (χ4v) is 2.37. The van der Waals surface area contributed by atoms with Crippen molar-refractivity contribution in [3.05, 3.63) is 55.8 Å². The lowest BCUT2D eigenvalue weighted by Crippen LogP contribution is -2.10. The normalized spacial score (nSPS) is 12.7. The lowest BCUT2D eigenvalue weighted by molar-refractivity contribution is 0.876. The molecule has 72 valence electrons. The summed E-state index contributed by atoms with van der Waals surface area (Å²) in [5.74, 6) is 0. The van der Waals surface area contributed by atoms with Crippen molar-refractivity contribution >= 4 is 33.9 Å². The molecule has 2 rings (SSSR count). The molecular formula is C11H10INS. The quantitative estimate of drug-likeness (QED) is 0.845. The summed E-state index contributed by atoms with van der Waals surface area (Å²) in [5.41, 5.74) is 8.48. The molecule has 0 bridgehead atoms. The van der Waals surface area contributed by atoms with E-state index in [0.717, 1.165) is 0 Å². The first kappa shape index (κ1) is 10.1. The zero-order valence-corrected chi connectivity index (χ0v) is 10.5. The van der Waals surface area contributed by atoms with Gasteiger partial charge in [0, 0.05) is 3.57 Å². The number of halogens is 1. The number of nitrogens with two attached hydrogens (primary N) is 1. The van der Waals surface area contributed by atoms with Crippen LogP contribution in [0.4, 0.5) is 0 Å². The molecule has 1 nitrogen and oxygen atoms in total. The van der Waals surface area contributed by atoms with Crippen molar-refractivity contribution in [2.75, 3.05) is 0 Å². The van der Waals surface area contributed by atoms with Gasteiger partial charge in [0.05, 0.1) is 6.04 Å². The van der Waals surface area contributed by atoms with Gasteiger partial charge in [0.15, 0.2) is 0 Å². The van der Waals surface area contributed by atoms with E-state index in [2.05, 4.69) is 63.7 Å². The fraction of sp³-hybridized carbons (Fsp3) is 0.0909. The van der Waals surface area contributed by atoms with Crippen LogP contribution < -0.4 is 5.73 Å². The predicted molar refractivity (Wildman–Crippen MR) is 69.5 cm³/mol. The van der Waals surface area contributed by atoms with Gasteiger partial charge >= 0.3 is 0 Å². The molecule has 1 atom stereocenters. The maximum atomic E-state index is 6.12. The van der Waals surface area contributed by atoms with E-state index in [1.165, 1.54) is 14.7 Å². The summed E-state index contributed by atoms with van der Waals surface area (Å²) in [6.07, 6.45) is 0. The minimum atomic E-state index is 0.0123. The van der Waals surface area contributed by atoms with E-state index >= 15 is 0 Å². The molecule has 0 fully saturated rings. The molecule has 3 heteroatoms. The highest BCUT2D eigenvalue weighted by molar-refractivity contribution is 14.1. The molecule has 0 aliphatic heterocycles. The third kappa shape index (κ3) is 2.16. The zero-order chi connectivity index (χ0) is 9.97. The number of benzene rings is 1. The monoisotopic (exact) mass is 315 g/mol. The minimum Gasteiger partial charge on any atom is -0.320 e. The molecule has 14 heavy (non-hydrogen) atoms. The first-order valence-electron chi connectivity index (χ1n) is 4.30. The third-order valence-corrected chi connectivity index (χ3v) is 3.55. The van der Waals surface area contributed by atoms with Crippen LogP contribution in [-0.4, -0.2) is 0 Å². The lowest BCUT2D eigenvalue weighted by atomic mass is 10.0. The van der Waals surface area contributed by atoms with Gasteiger partial charge in [-0.15, -0.1) is 0 Å². The average Bonchev–Trinajstić information content (AvgIpc) is 2.71. The maximum absolute atomic E-state index is 6.12. The van der Waals surface area contributed by atoms with Crippen LogP contribution in [0, 0.1) is 3.57 Å². The molecule has 2 N–H and O–H groups in total. The Morgan fingerprint density at radius 3 is 2.36 bits per heavy atom. The minimum absolute atomic E-state index is 0.0123. The number of rotatable bonds is 2. The van der Waals surface area contributed by atoms with Crippen molar-refractivity contribution in [2.45, 2.75) is 6.04 Å². The smallest absolute Gasteiger partial charge is 0.0559 e. The van der Waals surface area contributed by atoms with E-state index in [-0.39, 0.29) is 6.04 Å². The van der Waals surface area contributed by atoms with Gasteiger partial charge in [0.25, 0.3) is 0 Å². The highest BCUT2D eigenvalue weighted by Gasteiger charge is 2.08. The van der Waals surface area contributed by atoms with E-state index in [0.29, 0.717) is 0 Å². The first-order chi connectivity index (χ1) is 6.77. The Labute approximate surface area is 101 Å². The summed E-state index contributed by atoms with van der Waals surface area (Å²) in [7, 11) is 0. The highest BCUT2D eigenvalue weighted by Crippen LogP contribution is 2.22. The summed E-state index contributed by atoms with van der Waals surface area (Å²) >= 11 is 3.98.